The third-order valence-corrected chi connectivity index (χ3v) is 15.1. The summed E-state index contributed by atoms with van der Waals surface area (Å²) in [5, 5.41) is 0. The molecule has 0 aliphatic heterocycles. The molecule has 0 rings (SSSR count). The highest BCUT2D eigenvalue weighted by molar-refractivity contribution is 5.71. The van der Waals surface area contributed by atoms with Crippen LogP contribution in [0.1, 0.15) is 348 Å². The van der Waals surface area contributed by atoms with Crippen molar-refractivity contribution >= 4 is 17.9 Å². The van der Waals surface area contributed by atoms with Crippen LogP contribution in [-0.2, 0) is 28.6 Å². The van der Waals surface area contributed by atoms with Crippen LogP contribution in [0.25, 0.3) is 0 Å². The van der Waals surface area contributed by atoms with Crippen LogP contribution < -0.4 is 0 Å². The minimum Gasteiger partial charge on any atom is -0.462 e. The van der Waals surface area contributed by atoms with E-state index in [2.05, 4.69) is 106 Å². The van der Waals surface area contributed by atoms with Gasteiger partial charge in [-0.05, 0) is 116 Å². The summed E-state index contributed by atoms with van der Waals surface area (Å²) >= 11 is 0. The molecule has 80 heavy (non-hydrogen) atoms. The van der Waals surface area contributed by atoms with E-state index in [9.17, 15) is 14.4 Å². The third kappa shape index (κ3) is 65.4. The Morgan fingerprint density at radius 1 is 0.250 bits per heavy atom. The van der Waals surface area contributed by atoms with Gasteiger partial charge in [-0.25, -0.2) is 0 Å². The first kappa shape index (κ1) is 76.6. The van der Waals surface area contributed by atoms with Crippen molar-refractivity contribution in [1.82, 2.24) is 0 Å². The van der Waals surface area contributed by atoms with Crippen molar-refractivity contribution in [2.24, 2.45) is 0 Å². The highest BCUT2D eigenvalue weighted by Gasteiger charge is 2.19. The van der Waals surface area contributed by atoms with Gasteiger partial charge in [0.15, 0.2) is 6.10 Å². The molecule has 0 bridgehead atoms. The molecular formula is C74H130O6. The molecule has 6 heteroatoms. The molecule has 462 valence electrons. The first-order chi connectivity index (χ1) is 39.5. The summed E-state index contributed by atoms with van der Waals surface area (Å²) in [5.74, 6) is -0.883. The lowest BCUT2D eigenvalue weighted by atomic mass is 10.0. The molecule has 0 spiro atoms. The van der Waals surface area contributed by atoms with Crippen molar-refractivity contribution in [3.05, 3.63) is 85.1 Å². The van der Waals surface area contributed by atoms with E-state index in [1.165, 1.54) is 212 Å². The maximum absolute atomic E-state index is 12.9. The summed E-state index contributed by atoms with van der Waals surface area (Å²) in [6, 6.07) is 0. The van der Waals surface area contributed by atoms with Crippen molar-refractivity contribution in [1.29, 1.82) is 0 Å². The Kier molecular flexibility index (Phi) is 65.2. The molecule has 1 unspecified atom stereocenters. The lowest BCUT2D eigenvalue weighted by Crippen LogP contribution is -2.30. The van der Waals surface area contributed by atoms with Crippen LogP contribution >= 0.6 is 0 Å². The molecule has 0 saturated carbocycles. The minimum atomic E-state index is -0.784. The number of unbranched alkanes of at least 4 members (excludes halogenated alkanes) is 38. The van der Waals surface area contributed by atoms with E-state index in [4.69, 9.17) is 14.2 Å². The van der Waals surface area contributed by atoms with Crippen molar-refractivity contribution in [2.45, 2.75) is 354 Å². The number of carbonyl (C=O) groups excluding carboxylic acids is 3. The number of hydrogen-bond donors (Lipinski definition) is 0. The van der Waals surface area contributed by atoms with Crippen molar-refractivity contribution in [3.63, 3.8) is 0 Å². The second kappa shape index (κ2) is 68.1. The Bertz CT molecular complexity index is 1520. The minimum absolute atomic E-state index is 0.0802. The molecule has 0 aromatic heterocycles. The lowest BCUT2D eigenvalue weighted by molar-refractivity contribution is -0.167. The average Bonchev–Trinajstić information content (AvgIpc) is 3.46. The standard InChI is InChI=1S/C74H130O6/c1-4-7-10-13-16-19-22-24-26-28-30-32-34-36-37-39-40-42-44-46-48-50-52-55-58-61-64-67-73(76)79-70-71(69-78-72(75)66-63-60-57-54-21-18-15-12-9-6-3)80-74(77)68-65-62-59-56-53-51-49-47-45-43-41-38-35-33-31-29-27-25-23-20-17-14-11-8-5-2/h12,15,22-25,28-31,34-36,38,71H,4-11,13-14,16-21,26-27,32-33,37,39-70H2,1-3H3/b15-12-,24-22-,25-23-,30-28-,31-29-,36-34-,38-35-. The zero-order valence-electron chi connectivity index (χ0n) is 53.1. The monoisotopic (exact) mass is 1110 g/mol. The van der Waals surface area contributed by atoms with E-state index in [0.717, 1.165) is 96.3 Å². The summed E-state index contributed by atoms with van der Waals surface area (Å²) in [6.45, 7) is 6.58. The van der Waals surface area contributed by atoms with Crippen LogP contribution in [0.2, 0.25) is 0 Å². The smallest absolute Gasteiger partial charge is 0.306 e. The second-order valence-electron chi connectivity index (χ2n) is 23.1. The van der Waals surface area contributed by atoms with Crippen LogP contribution in [0, 0.1) is 0 Å². The SMILES string of the molecule is CCC/C=C\CCCCCCCC(=O)OCC(COC(=O)CCCCCCCCCCCCCC/C=C\C/C=C\C/C=C\CCCCCCC)OC(=O)CCCCCCCCCCCC/C=C\C/C=C\C/C=C\CCCCCCC. The van der Waals surface area contributed by atoms with E-state index in [0.29, 0.717) is 19.3 Å². The van der Waals surface area contributed by atoms with E-state index in [-0.39, 0.29) is 31.1 Å². The highest BCUT2D eigenvalue weighted by atomic mass is 16.6. The summed E-state index contributed by atoms with van der Waals surface area (Å²) in [7, 11) is 0. The van der Waals surface area contributed by atoms with Crippen molar-refractivity contribution < 1.29 is 28.6 Å². The van der Waals surface area contributed by atoms with Crippen LogP contribution in [0.4, 0.5) is 0 Å². The fraction of sp³-hybridized carbons (Fsp3) is 0.770. The zero-order valence-corrected chi connectivity index (χ0v) is 53.1. The number of allylic oxidation sites excluding steroid dienone is 14. The predicted molar refractivity (Wildman–Crippen MR) is 348 cm³/mol. The van der Waals surface area contributed by atoms with Crippen LogP contribution in [0.3, 0.4) is 0 Å². The number of ether oxygens (including phenoxy) is 3. The number of hydrogen-bond acceptors (Lipinski definition) is 6. The van der Waals surface area contributed by atoms with E-state index < -0.39 is 6.10 Å². The van der Waals surface area contributed by atoms with Gasteiger partial charge in [-0.2, -0.15) is 0 Å². The largest absolute Gasteiger partial charge is 0.462 e. The molecule has 0 radical (unpaired) electrons. The molecule has 6 nitrogen and oxygen atoms in total. The summed E-state index contributed by atoms with van der Waals surface area (Å²) < 4.78 is 16.9. The molecule has 0 N–H and O–H groups in total. The van der Waals surface area contributed by atoms with Crippen LogP contribution in [-0.4, -0.2) is 37.2 Å². The molecule has 0 aromatic rings. The molecule has 0 aromatic carbocycles. The lowest BCUT2D eigenvalue weighted by Gasteiger charge is -2.18. The molecule has 1 atom stereocenters. The van der Waals surface area contributed by atoms with Gasteiger partial charge in [0.1, 0.15) is 13.2 Å². The van der Waals surface area contributed by atoms with E-state index in [1.54, 1.807) is 0 Å². The Labute approximate surface area is 496 Å². The molecule has 0 fully saturated rings. The molecule has 0 aliphatic carbocycles. The summed E-state index contributed by atoms with van der Waals surface area (Å²) in [6.07, 6.45) is 90.4. The Morgan fingerprint density at radius 2 is 0.475 bits per heavy atom. The van der Waals surface area contributed by atoms with Gasteiger partial charge in [0.05, 0.1) is 0 Å². The Balaban J connectivity index is 4.22. The Hall–Kier alpha value is -3.41. The topological polar surface area (TPSA) is 78.9 Å². The average molecular weight is 1120 g/mol. The molecule has 0 heterocycles. The van der Waals surface area contributed by atoms with Gasteiger partial charge in [-0.15, -0.1) is 0 Å². The van der Waals surface area contributed by atoms with Gasteiger partial charge >= 0.3 is 17.9 Å². The summed E-state index contributed by atoms with van der Waals surface area (Å²) in [5.41, 5.74) is 0. The highest BCUT2D eigenvalue weighted by Crippen LogP contribution is 2.17. The zero-order chi connectivity index (χ0) is 57.8. The van der Waals surface area contributed by atoms with Crippen molar-refractivity contribution in [2.75, 3.05) is 13.2 Å². The second-order valence-corrected chi connectivity index (χ2v) is 23.1. The number of rotatable bonds is 63. The predicted octanol–water partition coefficient (Wildman–Crippen LogP) is 23.8. The van der Waals surface area contributed by atoms with Crippen molar-refractivity contribution in [3.8, 4) is 0 Å². The molecular weight excluding hydrogens is 985 g/mol. The molecule has 0 amide bonds. The Morgan fingerprint density at radius 3 is 0.762 bits per heavy atom. The first-order valence-corrected chi connectivity index (χ1v) is 34.6. The quantitative estimate of drug-likeness (QED) is 0.0261. The summed E-state index contributed by atoms with van der Waals surface area (Å²) in [4.78, 5) is 38.3. The normalized spacial score (nSPS) is 12.6. The van der Waals surface area contributed by atoms with Crippen LogP contribution in [0.15, 0.2) is 85.1 Å². The third-order valence-electron chi connectivity index (χ3n) is 15.1. The maximum atomic E-state index is 12.9. The fourth-order valence-corrected chi connectivity index (χ4v) is 9.87. The van der Waals surface area contributed by atoms with E-state index in [1.807, 2.05) is 0 Å². The van der Waals surface area contributed by atoms with Gasteiger partial charge in [-0.1, -0.05) is 298 Å². The number of esters is 3. The molecule has 0 aliphatic rings. The first-order valence-electron chi connectivity index (χ1n) is 34.6. The van der Waals surface area contributed by atoms with Gasteiger partial charge in [0, 0.05) is 19.3 Å². The number of carbonyl (C=O) groups is 3. The van der Waals surface area contributed by atoms with E-state index >= 15 is 0 Å². The van der Waals surface area contributed by atoms with Crippen LogP contribution in [0.5, 0.6) is 0 Å². The van der Waals surface area contributed by atoms with Gasteiger partial charge in [0.2, 0.25) is 0 Å². The van der Waals surface area contributed by atoms with Gasteiger partial charge < -0.3 is 14.2 Å². The maximum Gasteiger partial charge on any atom is 0.306 e. The van der Waals surface area contributed by atoms with Gasteiger partial charge in [-0.3, -0.25) is 14.4 Å². The van der Waals surface area contributed by atoms with Gasteiger partial charge in [0.25, 0.3) is 0 Å². The fourth-order valence-electron chi connectivity index (χ4n) is 9.87. The molecule has 0 saturated heterocycles.